The number of nitrogens with zero attached hydrogens (tertiary/aromatic N) is 1. The zero-order chi connectivity index (χ0) is 18.5. The minimum absolute atomic E-state index is 0.208. The Morgan fingerprint density at radius 3 is 2.19 bits per heavy atom. The third-order valence-electron chi connectivity index (χ3n) is 5.10. The van der Waals surface area contributed by atoms with Gasteiger partial charge in [-0.3, -0.25) is 4.79 Å². The maximum absolute atomic E-state index is 12.7. The monoisotopic (exact) mass is 356 g/mol. The molecule has 3 heteroatoms. The number of likely N-dealkylation sites (tertiary alicyclic amines) is 1. The summed E-state index contributed by atoms with van der Waals surface area (Å²) in [4.78, 5) is 14.6. The molecule has 0 saturated carbocycles. The molecule has 3 nitrogen and oxygen atoms in total. The number of rotatable bonds is 5. The molecule has 1 unspecified atom stereocenters. The first kappa shape index (κ1) is 17.3. The Kier molecular flexibility index (Phi) is 5.20. The first-order chi connectivity index (χ1) is 13.3. The zero-order valence-corrected chi connectivity index (χ0v) is 15.3. The topological polar surface area (TPSA) is 32.3 Å². The normalized spacial score (nSPS) is 16.3. The van der Waals surface area contributed by atoms with E-state index in [0.29, 0.717) is 12.5 Å². The smallest absolute Gasteiger partial charge is 0.227 e. The third-order valence-corrected chi connectivity index (χ3v) is 5.10. The molecule has 3 aromatic carbocycles. The number of amides is 1. The molecule has 0 aliphatic carbocycles. The lowest BCUT2D eigenvalue weighted by Crippen LogP contribution is -2.32. The number of benzene rings is 3. The van der Waals surface area contributed by atoms with Crippen LogP contribution in [0.5, 0.6) is 0 Å². The molecule has 27 heavy (non-hydrogen) atoms. The van der Waals surface area contributed by atoms with Crippen LogP contribution in [0.25, 0.3) is 11.1 Å². The van der Waals surface area contributed by atoms with Gasteiger partial charge in [0.05, 0.1) is 6.42 Å². The average Bonchev–Trinajstić information content (AvgIpc) is 3.19. The molecule has 1 saturated heterocycles. The van der Waals surface area contributed by atoms with Crippen molar-refractivity contribution in [3.05, 3.63) is 90.5 Å². The molecule has 0 aromatic heterocycles. The van der Waals surface area contributed by atoms with E-state index in [9.17, 15) is 4.79 Å². The Morgan fingerprint density at radius 1 is 0.852 bits per heavy atom. The number of hydrogen-bond acceptors (Lipinski definition) is 2. The lowest BCUT2D eigenvalue weighted by atomic mass is 10.0. The highest BCUT2D eigenvalue weighted by molar-refractivity contribution is 5.79. The summed E-state index contributed by atoms with van der Waals surface area (Å²) in [6.45, 7) is 1.60. The van der Waals surface area contributed by atoms with Crippen molar-refractivity contribution in [1.82, 2.24) is 4.90 Å². The van der Waals surface area contributed by atoms with Crippen molar-refractivity contribution < 1.29 is 4.79 Å². The highest BCUT2D eigenvalue weighted by Gasteiger charge is 2.25. The van der Waals surface area contributed by atoms with Gasteiger partial charge in [-0.15, -0.1) is 0 Å². The van der Waals surface area contributed by atoms with Crippen molar-refractivity contribution in [1.29, 1.82) is 0 Å². The number of carbonyl (C=O) groups excluding carboxylic acids is 1. The van der Waals surface area contributed by atoms with Gasteiger partial charge >= 0.3 is 0 Å². The predicted molar refractivity (Wildman–Crippen MR) is 111 cm³/mol. The molecule has 4 rings (SSSR count). The molecule has 136 valence electrons. The number of carbonyl (C=O) groups is 1. The van der Waals surface area contributed by atoms with Crippen LogP contribution in [0.15, 0.2) is 84.9 Å². The van der Waals surface area contributed by atoms with Crippen LogP contribution in [0.2, 0.25) is 0 Å². The van der Waals surface area contributed by atoms with E-state index < -0.39 is 0 Å². The number of hydrogen-bond donors (Lipinski definition) is 1. The fourth-order valence-corrected chi connectivity index (χ4v) is 3.61. The minimum Gasteiger partial charge on any atom is -0.380 e. The largest absolute Gasteiger partial charge is 0.380 e. The summed E-state index contributed by atoms with van der Waals surface area (Å²) in [5.41, 5.74) is 4.57. The van der Waals surface area contributed by atoms with E-state index in [-0.39, 0.29) is 5.91 Å². The lowest BCUT2D eigenvalue weighted by molar-refractivity contribution is -0.129. The minimum atomic E-state index is 0.208. The first-order valence-electron chi connectivity index (χ1n) is 9.52. The van der Waals surface area contributed by atoms with Gasteiger partial charge in [0.25, 0.3) is 0 Å². The van der Waals surface area contributed by atoms with Crippen molar-refractivity contribution in [2.75, 3.05) is 18.4 Å². The van der Waals surface area contributed by atoms with Gasteiger partial charge in [-0.2, -0.15) is 0 Å². The summed E-state index contributed by atoms with van der Waals surface area (Å²) in [6.07, 6.45) is 1.46. The SMILES string of the molecule is O=C(Cc1ccc(-c2ccccc2)cc1)N1CCC(Nc2ccccc2)C1. The summed E-state index contributed by atoms with van der Waals surface area (Å²) < 4.78 is 0. The Labute approximate surface area is 160 Å². The van der Waals surface area contributed by atoms with Crippen molar-refractivity contribution in [3.63, 3.8) is 0 Å². The number of nitrogens with one attached hydrogen (secondary N) is 1. The second-order valence-electron chi connectivity index (χ2n) is 7.08. The second kappa shape index (κ2) is 8.09. The van der Waals surface area contributed by atoms with Crippen LogP contribution in [0, 0.1) is 0 Å². The molecule has 0 bridgehead atoms. The summed E-state index contributed by atoms with van der Waals surface area (Å²) >= 11 is 0. The van der Waals surface area contributed by atoms with Crippen LogP contribution in [0.4, 0.5) is 5.69 Å². The molecule has 3 aromatic rings. The van der Waals surface area contributed by atoms with Crippen LogP contribution in [0.1, 0.15) is 12.0 Å². The van der Waals surface area contributed by atoms with Gasteiger partial charge in [0.1, 0.15) is 0 Å². The van der Waals surface area contributed by atoms with E-state index in [1.165, 1.54) is 11.1 Å². The molecule has 1 aliphatic rings. The average molecular weight is 356 g/mol. The predicted octanol–water partition coefficient (Wildman–Crippen LogP) is 4.61. The highest BCUT2D eigenvalue weighted by atomic mass is 16.2. The maximum Gasteiger partial charge on any atom is 0.227 e. The standard InChI is InChI=1S/C24H24N2O/c27-24(26-16-15-23(18-26)25-22-9-5-2-6-10-22)17-19-11-13-21(14-12-19)20-7-3-1-4-8-20/h1-14,23,25H,15-18H2. The van der Waals surface area contributed by atoms with Crippen LogP contribution in [0.3, 0.4) is 0 Å². The van der Waals surface area contributed by atoms with E-state index in [2.05, 4.69) is 53.8 Å². The Morgan fingerprint density at radius 2 is 1.48 bits per heavy atom. The molecule has 0 spiro atoms. The number of para-hydroxylation sites is 1. The maximum atomic E-state index is 12.7. The van der Waals surface area contributed by atoms with Gasteiger partial charge in [0.2, 0.25) is 5.91 Å². The highest BCUT2D eigenvalue weighted by Crippen LogP contribution is 2.21. The van der Waals surface area contributed by atoms with Gasteiger partial charge in [0, 0.05) is 24.8 Å². The molecule has 1 heterocycles. The van der Waals surface area contributed by atoms with E-state index >= 15 is 0 Å². The molecule has 1 aliphatic heterocycles. The summed E-state index contributed by atoms with van der Waals surface area (Å²) in [5, 5.41) is 3.52. The Bertz CT molecular complexity index is 875. The molecule has 1 amide bonds. The molecule has 1 N–H and O–H groups in total. The second-order valence-corrected chi connectivity index (χ2v) is 7.08. The van der Waals surface area contributed by atoms with Gasteiger partial charge in [-0.1, -0.05) is 72.8 Å². The Hall–Kier alpha value is -3.07. The summed E-state index contributed by atoms with van der Waals surface area (Å²) in [7, 11) is 0. The molecule has 0 radical (unpaired) electrons. The van der Waals surface area contributed by atoms with Gasteiger partial charge in [-0.25, -0.2) is 0 Å². The van der Waals surface area contributed by atoms with Gasteiger partial charge < -0.3 is 10.2 Å². The van der Waals surface area contributed by atoms with Crippen molar-refractivity contribution in [3.8, 4) is 11.1 Å². The van der Waals surface area contributed by atoms with Gasteiger partial charge in [0.15, 0.2) is 0 Å². The molecular weight excluding hydrogens is 332 g/mol. The fourth-order valence-electron chi connectivity index (χ4n) is 3.61. The van der Waals surface area contributed by atoms with Gasteiger partial charge in [-0.05, 0) is 35.2 Å². The molecule has 1 fully saturated rings. The number of anilines is 1. The molecule has 1 atom stereocenters. The van der Waals surface area contributed by atoms with Crippen molar-refractivity contribution in [2.45, 2.75) is 18.9 Å². The third kappa shape index (κ3) is 4.37. The van der Waals surface area contributed by atoms with Crippen LogP contribution in [-0.4, -0.2) is 29.9 Å². The summed E-state index contributed by atoms with van der Waals surface area (Å²) in [6, 6.07) is 29.2. The quantitative estimate of drug-likeness (QED) is 0.724. The first-order valence-corrected chi connectivity index (χ1v) is 9.52. The van der Waals surface area contributed by atoms with E-state index in [0.717, 1.165) is 30.8 Å². The van der Waals surface area contributed by atoms with Crippen LogP contribution in [-0.2, 0) is 11.2 Å². The van der Waals surface area contributed by atoms with E-state index in [4.69, 9.17) is 0 Å². The van der Waals surface area contributed by atoms with Crippen molar-refractivity contribution >= 4 is 11.6 Å². The zero-order valence-electron chi connectivity index (χ0n) is 15.3. The van der Waals surface area contributed by atoms with E-state index in [1.54, 1.807) is 0 Å². The van der Waals surface area contributed by atoms with Crippen molar-refractivity contribution in [2.24, 2.45) is 0 Å². The van der Waals surface area contributed by atoms with Crippen LogP contribution < -0.4 is 5.32 Å². The fraction of sp³-hybridized carbons (Fsp3) is 0.208. The summed E-state index contributed by atoms with van der Waals surface area (Å²) in [5.74, 6) is 0.208. The molecular formula is C24H24N2O. The Balaban J connectivity index is 1.33. The lowest BCUT2D eigenvalue weighted by Gasteiger charge is -2.18. The van der Waals surface area contributed by atoms with Crippen LogP contribution >= 0.6 is 0 Å². The van der Waals surface area contributed by atoms with E-state index in [1.807, 2.05) is 41.3 Å².